The fraction of sp³-hybridized carbons (Fsp3) is 0.611. The molecule has 0 spiro atoms. The number of amides is 1. The van der Waals surface area contributed by atoms with E-state index in [-0.39, 0.29) is 17.6 Å². The van der Waals surface area contributed by atoms with Crippen molar-refractivity contribution in [2.24, 2.45) is 5.92 Å². The van der Waals surface area contributed by atoms with Crippen LogP contribution in [0.15, 0.2) is 24.3 Å². The Morgan fingerprint density at radius 3 is 2.36 bits per heavy atom. The van der Waals surface area contributed by atoms with Crippen molar-refractivity contribution in [2.75, 3.05) is 19.6 Å². The molecule has 1 aliphatic carbocycles. The highest BCUT2D eigenvalue weighted by Crippen LogP contribution is 2.42. The first-order valence-corrected chi connectivity index (χ1v) is 8.34. The standard InChI is InChI=1S/C18H27FN2O/c1-4-21(5-2)13(3)12-20-18(22)17(14-6-7-14)15-8-10-16(19)11-9-15/h8-11,13-14,17H,4-7,12H2,1-3H3,(H,20,22). The van der Waals surface area contributed by atoms with Crippen molar-refractivity contribution < 1.29 is 9.18 Å². The molecule has 4 heteroatoms. The molecule has 0 aromatic heterocycles. The van der Waals surface area contributed by atoms with Gasteiger partial charge in [-0.25, -0.2) is 4.39 Å². The highest BCUT2D eigenvalue weighted by atomic mass is 19.1. The van der Waals surface area contributed by atoms with E-state index in [1.54, 1.807) is 12.1 Å². The Labute approximate surface area is 132 Å². The summed E-state index contributed by atoms with van der Waals surface area (Å²) >= 11 is 0. The van der Waals surface area contributed by atoms with E-state index in [2.05, 4.69) is 31.0 Å². The van der Waals surface area contributed by atoms with Crippen LogP contribution in [0.5, 0.6) is 0 Å². The Kier molecular flexibility index (Phi) is 5.95. The number of benzene rings is 1. The van der Waals surface area contributed by atoms with E-state index in [1.807, 2.05) is 0 Å². The minimum Gasteiger partial charge on any atom is -0.354 e. The van der Waals surface area contributed by atoms with Crippen LogP contribution in [0.3, 0.4) is 0 Å². The van der Waals surface area contributed by atoms with Crippen molar-refractivity contribution in [3.8, 4) is 0 Å². The topological polar surface area (TPSA) is 32.3 Å². The number of hydrogen-bond donors (Lipinski definition) is 1. The monoisotopic (exact) mass is 306 g/mol. The van der Waals surface area contributed by atoms with Crippen LogP contribution in [-0.2, 0) is 4.79 Å². The summed E-state index contributed by atoms with van der Waals surface area (Å²) in [6.45, 7) is 9.03. The lowest BCUT2D eigenvalue weighted by molar-refractivity contribution is -0.123. The van der Waals surface area contributed by atoms with Gasteiger partial charge in [0, 0.05) is 12.6 Å². The summed E-state index contributed by atoms with van der Waals surface area (Å²) in [4.78, 5) is 14.9. The van der Waals surface area contributed by atoms with E-state index >= 15 is 0 Å². The molecule has 1 aromatic carbocycles. The van der Waals surface area contributed by atoms with Gasteiger partial charge in [-0.05, 0) is 56.5 Å². The third-order valence-corrected chi connectivity index (χ3v) is 4.61. The molecule has 3 nitrogen and oxygen atoms in total. The second-order valence-corrected chi connectivity index (χ2v) is 6.18. The van der Waals surface area contributed by atoms with Gasteiger partial charge in [-0.3, -0.25) is 9.69 Å². The summed E-state index contributed by atoms with van der Waals surface area (Å²) in [5.74, 6) is 0.0979. The Morgan fingerprint density at radius 1 is 1.27 bits per heavy atom. The van der Waals surface area contributed by atoms with Crippen LogP contribution in [0.2, 0.25) is 0 Å². The fourth-order valence-electron chi connectivity index (χ4n) is 3.07. The molecule has 2 atom stereocenters. The summed E-state index contributed by atoms with van der Waals surface area (Å²) < 4.78 is 13.1. The number of nitrogens with one attached hydrogen (secondary N) is 1. The van der Waals surface area contributed by atoms with Crippen LogP contribution >= 0.6 is 0 Å². The molecule has 0 saturated heterocycles. The quantitative estimate of drug-likeness (QED) is 0.800. The van der Waals surface area contributed by atoms with Gasteiger partial charge in [0.1, 0.15) is 5.82 Å². The number of halogens is 1. The lowest BCUT2D eigenvalue weighted by atomic mass is 9.93. The van der Waals surface area contributed by atoms with Crippen LogP contribution in [0.4, 0.5) is 4.39 Å². The van der Waals surface area contributed by atoms with Gasteiger partial charge < -0.3 is 5.32 Å². The molecule has 1 aromatic rings. The van der Waals surface area contributed by atoms with Gasteiger partial charge in [-0.2, -0.15) is 0 Å². The van der Waals surface area contributed by atoms with Crippen molar-refractivity contribution in [1.82, 2.24) is 10.2 Å². The van der Waals surface area contributed by atoms with Gasteiger partial charge in [0.05, 0.1) is 5.92 Å². The maximum absolute atomic E-state index is 13.1. The van der Waals surface area contributed by atoms with Crippen LogP contribution in [0.1, 0.15) is 45.1 Å². The second kappa shape index (κ2) is 7.73. The first-order valence-electron chi connectivity index (χ1n) is 8.34. The van der Waals surface area contributed by atoms with Crippen molar-refractivity contribution >= 4 is 5.91 Å². The molecule has 2 rings (SSSR count). The molecule has 1 aliphatic rings. The first kappa shape index (κ1) is 16.9. The van der Waals surface area contributed by atoms with Gasteiger partial charge in [0.15, 0.2) is 0 Å². The summed E-state index contributed by atoms with van der Waals surface area (Å²) in [7, 11) is 0. The van der Waals surface area contributed by atoms with Gasteiger partial charge in [0.2, 0.25) is 5.91 Å². The summed E-state index contributed by atoms with van der Waals surface area (Å²) in [5.41, 5.74) is 0.928. The number of hydrogen-bond acceptors (Lipinski definition) is 2. The molecule has 22 heavy (non-hydrogen) atoms. The average Bonchev–Trinajstić information content (AvgIpc) is 3.33. The highest BCUT2D eigenvalue weighted by Gasteiger charge is 2.37. The van der Waals surface area contributed by atoms with E-state index < -0.39 is 0 Å². The van der Waals surface area contributed by atoms with Crippen molar-refractivity contribution in [2.45, 2.75) is 45.6 Å². The third-order valence-electron chi connectivity index (χ3n) is 4.61. The van der Waals surface area contributed by atoms with Crippen LogP contribution in [0, 0.1) is 11.7 Å². The minimum absolute atomic E-state index is 0.0770. The highest BCUT2D eigenvalue weighted by molar-refractivity contribution is 5.84. The molecule has 2 unspecified atom stereocenters. The number of likely N-dealkylation sites (N-methyl/N-ethyl adjacent to an activating group) is 1. The molecule has 0 heterocycles. The SMILES string of the molecule is CCN(CC)C(C)CNC(=O)C(c1ccc(F)cc1)C1CC1. The molecular formula is C18H27FN2O. The predicted molar refractivity (Wildman–Crippen MR) is 87.3 cm³/mol. The van der Waals surface area contributed by atoms with E-state index in [4.69, 9.17) is 0 Å². The molecule has 1 saturated carbocycles. The third kappa shape index (κ3) is 4.29. The van der Waals surface area contributed by atoms with Crippen LogP contribution < -0.4 is 5.32 Å². The van der Waals surface area contributed by atoms with E-state index in [1.165, 1.54) is 12.1 Å². The van der Waals surface area contributed by atoms with Crippen molar-refractivity contribution in [1.29, 1.82) is 0 Å². The Hall–Kier alpha value is -1.42. The zero-order chi connectivity index (χ0) is 16.1. The van der Waals surface area contributed by atoms with Gasteiger partial charge in [0.25, 0.3) is 0 Å². The lowest BCUT2D eigenvalue weighted by Crippen LogP contribution is -2.43. The summed E-state index contributed by atoms with van der Waals surface area (Å²) in [6, 6.07) is 6.69. The number of carbonyl (C=O) groups excluding carboxylic acids is 1. The zero-order valence-electron chi connectivity index (χ0n) is 13.8. The molecule has 0 aliphatic heterocycles. The maximum Gasteiger partial charge on any atom is 0.227 e. The average molecular weight is 306 g/mol. The molecule has 122 valence electrons. The van der Waals surface area contributed by atoms with Crippen molar-refractivity contribution in [3.63, 3.8) is 0 Å². The smallest absolute Gasteiger partial charge is 0.227 e. The van der Waals surface area contributed by atoms with E-state index in [0.29, 0.717) is 18.5 Å². The minimum atomic E-state index is -0.256. The molecular weight excluding hydrogens is 279 g/mol. The van der Waals surface area contributed by atoms with Crippen molar-refractivity contribution in [3.05, 3.63) is 35.6 Å². The largest absolute Gasteiger partial charge is 0.354 e. The predicted octanol–water partition coefficient (Wildman–Crippen LogP) is 3.17. The molecule has 0 radical (unpaired) electrons. The van der Waals surface area contributed by atoms with Crippen LogP contribution in [0.25, 0.3) is 0 Å². The van der Waals surface area contributed by atoms with Gasteiger partial charge in [-0.15, -0.1) is 0 Å². The maximum atomic E-state index is 13.1. The Morgan fingerprint density at radius 2 is 1.86 bits per heavy atom. The van der Waals surface area contributed by atoms with Crippen LogP contribution in [-0.4, -0.2) is 36.5 Å². The lowest BCUT2D eigenvalue weighted by Gasteiger charge is -2.27. The number of rotatable bonds is 8. The fourth-order valence-corrected chi connectivity index (χ4v) is 3.07. The summed E-state index contributed by atoms with van der Waals surface area (Å²) in [5, 5.41) is 3.09. The van der Waals surface area contributed by atoms with E-state index in [0.717, 1.165) is 31.5 Å². The molecule has 1 fully saturated rings. The Balaban J connectivity index is 1.97. The number of carbonyl (C=O) groups is 1. The first-order chi connectivity index (χ1) is 10.6. The molecule has 0 bridgehead atoms. The molecule has 1 amide bonds. The summed E-state index contributed by atoms with van der Waals surface area (Å²) in [6.07, 6.45) is 2.17. The Bertz CT molecular complexity index is 480. The second-order valence-electron chi connectivity index (χ2n) is 6.18. The van der Waals surface area contributed by atoms with Gasteiger partial charge in [-0.1, -0.05) is 26.0 Å². The number of nitrogens with zero attached hydrogens (tertiary/aromatic N) is 1. The normalized spacial score (nSPS) is 17.3. The van der Waals surface area contributed by atoms with E-state index in [9.17, 15) is 9.18 Å². The van der Waals surface area contributed by atoms with Gasteiger partial charge >= 0.3 is 0 Å². The zero-order valence-corrected chi connectivity index (χ0v) is 13.8. The molecule has 1 N–H and O–H groups in total.